The minimum atomic E-state index is -0.0709. The van der Waals surface area contributed by atoms with Gasteiger partial charge in [0, 0.05) is 51.3 Å². The summed E-state index contributed by atoms with van der Waals surface area (Å²) in [7, 11) is 5.18. The minimum absolute atomic E-state index is 0. The summed E-state index contributed by atoms with van der Waals surface area (Å²) in [5.41, 5.74) is 4.76. The first-order chi connectivity index (χ1) is 15.0. The number of nitrogens with zero attached hydrogens (tertiary/aromatic N) is 2. The number of aromatic nitrogens is 1. The highest BCUT2D eigenvalue weighted by Gasteiger charge is 2.07. The number of aromatic amines is 1. The van der Waals surface area contributed by atoms with Gasteiger partial charge in [-0.05, 0) is 48.2 Å². The van der Waals surface area contributed by atoms with E-state index in [1.54, 1.807) is 21.1 Å². The van der Waals surface area contributed by atoms with Crippen molar-refractivity contribution in [1.82, 2.24) is 20.5 Å². The average Bonchev–Trinajstić information content (AvgIpc) is 3.16. The Morgan fingerprint density at radius 2 is 1.97 bits per heavy atom. The molecule has 0 aliphatic heterocycles. The number of rotatable bonds is 8. The van der Waals surface area contributed by atoms with Gasteiger partial charge in [0.15, 0.2) is 12.6 Å². The van der Waals surface area contributed by atoms with Gasteiger partial charge in [-0.3, -0.25) is 9.79 Å². The lowest BCUT2D eigenvalue weighted by atomic mass is 10.1. The number of carbonyl (C=O) groups is 1. The topological polar surface area (TPSA) is 81.7 Å². The number of guanidine groups is 1. The molecule has 1 aromatic heterocycles. The molecular formula is C24H32IN5O2. The number of ether oxygens (including phenoxy) is 1. The molecular weight excluding hydrogens is 517 g/mol. The zero-order chi connectivity index (χ0) is 22.2. The van der Waals surface area contributed by atoms with Gasteiger partial charge in [-0.15, -0.1) is 24.0 Å². The standard InChI is InChI=1S/C24H31N5O2.HI/c1-17-8-9-21-19(15-27-22(21)12-17)10-11-26-24(25-2)28-14-18-6-5-7-20(13-18)31-16-23(30)29(3)4;/h5-9,12-13,15,27H,10-11,14,16H2,1-4H3,(H2,25,26,28);1H. The SMILES string of the molecule is CN=C(NCCc1c[nH]c2cc(C)ccc12)NCc1cccc(OCC(=O)N(C)C)c1.I. The Labute approximate surface area is 206 Å². The maximum absolute atomic E-state index is 11.7. The van der Waals surface area contributed by atoms with Crippen molar-refractivity contribution in [3.8, 4) is 5.75 Å². The van der Waals surface area contributed by atoms with Crippen LogP contribution in [-0.4, -0.2) is 56.0 Å². The Kier molecular flexibility index (Phi) is 9.83. The molecule has 0 saturated carbocycles. The first-order valence-electron chi connectivity index (χ1n) is 10.4. The number of aliphatic imine (C=N–C) groups is 1. The molecule has 0 saturated heterocycles. The van der Waals surface area contributed by atoms with Crippen LogP contribution >= 0.6 is 24.0 Å². The number of hydrogen-bond donors (Lipinski definition) is 3. The molecule has 32 heavy (non-hydrogen) atoms. The van der Waals surface area contributed by atoms with Crippen LogP contribution in [-0.2, 0) is 17.8 Å². The molecule has 172 valence electrons. The van der Waals surface area contributed by atoms with Gasteiger partial charge in [-0.2, -0.15) is 0 Å². The Morgan fingerprint density at radius 1 is 1.16 bits per heavy atom. The molecule has 0 aliphatic carbocycles. The van der Waals surface area contributed by atoms with E-state index in [9.17, 15) is 4.79 Å². The Bertz CT molecular complexity index is 1060. The third kappa shape index (κ3) is 7.15. The predicted octanol–water partition coefficient (Wildman–Crippen LogP) is 3.47. The lowest BCUT2D eigenvalue weighted by Gasteiger charge is -2.14. The van der Waals surface area contributed by atoms with Crippen LogP contribution in [0.2, 0.25) is 0 Å². The molecule has 0 unspecified atom stereocenters. The highest BCUT2D eigenvalue weighted by atomic mass is 127. The molecule has 8 heteroatoms. The van der Waals surface area contributed by atoms with E-state index in [4.69, 9.17) is 4.74 Å². The van der Waals surface area contributed by atoms with E-state index in [1.165, 1.54) is 26.9 Å². The number of nitrogens with one attached hydrogen (secondary N) is 3. The van der Waals surface area contributed by atoms with Gasteiger partial charge in [0.25, 0.3) is 5.91 Å². The second kappa shape index (κ2) is 12.3. The quantitative estimate of drug-likeness (QED) is 0.229. The van der Waals surface area contributed by atoms with Gasteiger partial charge in [-0.1, -0.05) is 24.3 Å². The van der Waals surface area contributed by atoms with E-state index < -0.39 is 0 Å². The fraction of sp³-hybridized carbons (Fsp3) is 0.333. The van der Waals surface area contributed by atoms with E-state index in [0.717, 1.165) is 24.5 Å². The maximum atomic E-state index is 11.7. The van der Waals surface area contributed by atoms with Crippen LogP contribution in [0.5, 0.6) is 5.75 Å². The van der Waals surface area contributed by atoms with E-state index >= 15 is 0 Å². The van der Waals surface area contributed by atoms with Crippen LogP contribution in [0, 0.1) is 6.92 Å². The van der Waals surface area contributed by atoms with E-state index in [0.29, 0.717) is 12.3 Å². The average molecular weight is 549 g/mol. The number of halogens is 1. The molecule has 0 atom stereocenters. The first-order valence-corrected chi connectivity index (χ1v) is 10.4. The highest BCUT2D eigenvalue weighted by Crippen LogP contribution is 2.19. The summed E-state index contributed by atoms with van der Waals surface area (Å²) >= 11 is 0. The molecule has 0 radical (unpaired) electrons. The zero-order valence-electron chi connectivity index (χ0n) is 19.1. The number of amides is 1. The molecule has 1 heterocycles. The molecule has 2 aromatic carbocycles. The second-order valence-corrected chi connectivity index (χ2v) is 7.69. The zero-order valence-corrected chi connectivity index (χ0v) is 21.4. The number of H-pyrrole nitrogens is 1. The highest BCUT2D eigenvalue weighted by molar-refractivity contribution is 14.0. The van der Waals surface area contributed by atoms with Crippen molar-refractivity contribution in [2.75, 3.05) is 34.3 Å². The van der Waals surface area contributed by atoms with Crippen molar-refractivity contribution >= 4 is 46.7 Å². The molecule has 0 fully saturated rings. The summed E-state index contributed by atoms with van der Waals surface area (Å²) in [5, 5.41) is 7.95. The molecule has 1 amide bonds. The minimum Gasteiger partial charge on any atom is -0.484 e. The van der Waals surface area contributed by atoms with Gasteiger partial charge >= 0.3 is 0 Å². The Morgan fingerprint density at radius 3 is 2.72 bits per heavy atom. The first kappa shape index (κ1) is 25.5. The van der Waals surface area contributed by atoms with E-state index in [1.807, 2.05) is 24.3 Å². The van der Waals surface area contributed by atoms with Gasteiger partial charge in [0.05, 0.1) is 0 Å². The van der Waals surface area contributed by atoms with Gasteiger partial charge in [0.1, 0.15) is 5.75 Å². The Balaban J connectivity index is 0.00000363. The predicted molar refractivity (Wildman–Crippen MR) is 141 cm³/mol. The number of hydrogen-bond acceptors (Lipinski definition) is 3. The van der Waals surface area contributed by atoms with Crippen LogP contribution in [0.25, 0.3) is 10.9 Å². The molecule has 3 rings (SSSR count). The van der Waals surface area contributed by atoms with Crippen molar-refractivity contribution in [2.45, 2.75) is 19.9 Å². The van der Waals surface area contributed by atoms with Crippen molar-refractivity contribution in [3.63, 3.8) is 0 Å². The smallest absolute Gasteiger partial charge is 0.259 e. The summed E-state index contributed by atoms with van der Waals surface area (Å²) in [6.07, 6.45) is 2.97. The number of aryl methyl sites for hydroxylation is 1. The van der Waals surface area contributed by atoms with Crippen molar-refractivity contribution in [2.24, 2.45) is 4.99 Å². The third-order valence-corrected chi connectivity index (χ3v) is 5.05. The maximum Gasteiger partial charge on any atom is 0.259 e. The van der Waals surface area contributed by atoms with E-state index in [2.05, 4.69) is 51.9 Å². The molecule has 3 N–H and O–H groups in total. The molecule has 0 spiro atoms. The fourth-order valence-electron chi connectivity index (χ4n) is 3.25. The summed E-state index contributed by atoms with van der Waals surface area (Å²) in [6.45, 7) is 3.50. The molecule has 0 bridgehead atoms. The van der Waals surface area contributed by atoms with Crippen molar-refractivity contribution in [3.05, 3.63) is 65.4 Å². The van der Waals surface area contributed by atoms with Crippen LogP contribution in [0.3, 0.4) is 0 Å². The second-order valence-electron chi connectivity index (χ2n) is 7.69. The van der Waals surface area contributed by atoms with Crippen LogP contribution in [0.15, 0.2) is 53.7 Å². The summed E-state index contributed by atoms with van der Waals surface area (Å²) < 4.78 is 5.58. The molecule has 3 aromatic rings. The third-order valence-electron chi connectivity index (χ3n) is 5.05. The number of carbonyl (C=O) groups excluding carboxylic acids is 1. The van der Waals surface area contributed by atoms with Crippen molar-refractivity contribution < 1.29 is 9.53 Å². The van der Waals surface area contributed by atoms with Crippen LogP contribution in [0.4, 0.5) is 0 Å². The summed E-state index contributed by atoms with van der Waals surface area (Å²) in [5.74, 6) is 1.34. The van der Waals surface area contributed by atoms with Gasteiger partial charge in [0.2, 0.25) is 0 Å². The largest absolute Gasteiger partial charge is 0.484 e. The Hall–Kier alpha value is -2.75. The van der Waals surface area contributed by atoms with E-state index in [-0.39, 0.29) is 36.5 Å². The molecule has 7 nitrogen and oxygen atoms in total. The number of fused-ring (bicyclic) bond motifs is 1. The number of benzene rings is 2. The lowest BCUT2D eigenvalue weighted by Crippen LogP contribution is -2.37. The van der Waals surface area contributed by atoms with Crippen LogP contribution < -0.4 is 15.4 Å². The normalized spacial score (nSPS) is 11.1. The fourth-order valence-corrected chi connectivity index (χ4v) is 3.25. The molecule has 0 aliphatic rings. The summed E-state index contributed by atoms with van der Waals surface area (Å²) in [6, 6.07) is 14.2. The summed E-state index contributed by atoms with van der Waals surface area (Å²) in [4.78, 5) is 20.9. The monoisotopic (exact) mass is 549 g/mol. The van der Waals surface area contributed by atoms with Crippen molar-refractivity contribution in [1.29, 1.82) is 0 Å². The number of likely N-dealkylation sites (N-methyl/N-ethyl adjacent to an activating group) is 1. The van der Waals surface area contributed by atoms with Gasteiger partial charge in [-0.25, -0.2) is 0 Å². The van der Waals surface area contributed by atoms with Gasteiger partial charge < -0.3 is 25.3 Å². The lowest BCUT2D eigenvalue weighted by molar-refractivity contribution is -0.130. The van der Waals surface area contributed by atoms with Crippen LogP contribution in [0.1, 0.15) is 16.7 Å².